The predicted molar refractivity (Wildman–Crippen MR) is 84.7 cm³/mol. The smallest absolute Gasteiger partial charge is 0.331 e. The number of fused-ring (bicyclic) bond motifs is 3. The molecule has 11 nitrogen and oxygen atoms in total. The molecule has 0 radical (unpaired) electrons. The third-order valence-electron chi connectivity index (χ3n) is 3.70. The molecule has 0 bridgehead atoms. The van der Waals surface area contributed by atoms with Crippen molar-refractivity contribution in [3.05, 3.63) is 24.6 Å². The Kier molecular flexibility index (Phi) is 3.35. The molecule has 3 N–H and O–H groups in total. The van der Waals surface area contributed by atoms with Crippen LogP contribution in [0.5, 0.6) is 0 Å². The molecule has 0 saturated heterocycles. The molecule has 4 aromatic rings. The number of anilines is 1. The van der Waals surface area contributed by atoms with Gasteiger partial charge in [-0.25, -0.2) is 14.5 Å². The first kappa shape index (κ1) is 15.1. The number of aliphatic carboxylic acids is 1. The van der Waals surface area contributed by atoms with Gasteiger partial charge in [0, 0.05) is 7.11 Å². The highest BCUT2D eigenvalue weighted by atomic mass is 16.5. The highest BCUT2D eigenvalue weighted by Crippen LogP contribution is 2.25. The Bertz CT molecular complexity index is 1070. The number of nitrogens with two attached hydrogens (primary N) is 1. The zero-order chi connectivity index (χ0) is 17.6. The van der Waals surface area contributed by atoms with Gasteiger partial charge in [0.15, 0.2) is 23.1 Å². The maximum Gasteiger partial charge on any atom is 0.331 e. The Morgan fingerprint density at radius 3 is 2.96 bits per heavy atom. The lowest BCUT2D eigenvalue weighted by atomic mass is 10.3. The number of aromatic nitrogens is 6. The predicted octanol–water partition coefficient (Wildman–Crippen LogP) is 0.588. The number of carbonyl (C=O) groups is 1. The maximum absolute atomic E-state index is 11.5. The second kappa shape index (κ2) is 5.56. The van der Waals surface area contributed by atoms with Crippen LogP contribution in [0.3, 0.4) is 0 Å². The van der Waals surface area contributed by atoms with Crippen LogP contribution in [-0.4, -0.2) is 54.2 Å². The van der Waals surface area contributed by atoms with Gasteiger partial charge in [0.25, 0.3) is 0 Å². The number of hydrogen-bond donors (Lipinski definition) is 2. The van der Waals surface area contributed by atoms with Crippen LogP contribution in [0.2, 0.25) is 0 Å². The number of methoxy groups -OCH3 is 1. The summed E-state index contributed by atoms with van der Waals surface area (Å²) in [5.41, 5.74) is 6.66. The summed E-state index contributed by atoms with van der Waals surface area (Å²) >= 11 is 0. The van der Waals surface area contributed by atoms with E-state index in [1.165, 1.54) is 28.8 Å². The molecule has 0 fully saturated rings. The van der Waals surface area contributed by atoms with Gasteiger partial charge in [-0.2, -0.15) is 14.6 Å². The first-order valence-corrected chi connectivity index (χ1v) is 7.25. The van der Waals surface area contributed by atoms with Gasteiger partial charge in [-0.15, -0.1) is 5.10 Å². The number of carboxylic acid groups (broad SMARTS) is 1. The standard InChI is InChI=1S/C14H13N7O4/c1-24-6-8(13(22)23)20-12-7(5-16-20)11-17-10(9-3-2-4-25-9)19-21(11)14(15)18-12/h2-5,8H,6H2,1H3,(H2,15,18)(H,22,23). The van der Waals surface area contributed by atoms with Crippen LogP contribution in [0, 0.1) is 0 Å². The molecular weight excluding hydrogens is 330 g/mol. The number of ether oxygens (including phenoxy) is 1. The van der Waals surface area contributed by atoms with Gasteiger partial charge in [0.2, 0.25) is 11.8 Å². The van der Waals surface area contributed by atoms with Crippen molar-refractivity contribution in [2.75, 3.05) is 19.5 Å². The number of hydrogen-bond acceptors (Lipinski definition) is 8. The van der Waals surface area contributed by atoms with E-state index in [0.29, 0.717) is 22.6 Å². The Morgan fingerprint density at radius 2 is 2.28 bits per heavy atom. The minimum atomic E-state index is -1.09. The molecule has 0 saturated carbocycles. The lowest BCUT2D eigenvalue weighted by Gasteiger charge is -2.12. The van der Waals surface area contributed by atoms with Gasteiger partial charge >= 0.3 is 5.97 Å². The molecule has 0 aliphatic carbocycles. The fourth-order valence-electron chi connectivity index (χ4n) is 2.57. The van der Waals surface area contributed by atoms with Crippen LogP contribution in [-0.2, 0) is 9.53 Å². The molecule has 0 amide bonds. The number of carboxylic acids is 1. The van der Waals surface area contributed by atoms with Crippen LogP contribution in [0.25, 0.3) is 28.3 Å². The second-order valence-electron chi connectivity index (χ2n) is 5.25. The van der Waals surface area contributed by atoms with Crippen LogP contribution in [0.4, 0.5) is 5.95 Å². The van der Waals surface area contributed by atoms with Crippen molar-refractivity contribution in [2.24, 2.45) is 0 Å². The molecule has 4 aromatic heterocycles. The molecule has 4 rings (SSSR count). The van der Waals surface area contributed by atoms with E-state index in [-0.39, 0.29) is 18.2 Å². The van der Waals surface area contributed by atoms with Crippen LogP contribution in [0.15, 0.2) is 29.0 Å². The highest BCUT2D eigenvalue weighted by Gasteiger charge is 2.25. The molecule has 1 atom stereocenters. The fourth-order valence-corrected chi connectivity index (χ4v) is 2.57. The molecule has 1 unspecified atom stereocenters. The molecule has 0 aliphatic rings. The van der Waals surface area contributed by atoms with Gasteiger partial charge in [-0.05, 0) is 12.1 Å². The maximum atomic E-state index is 11.5. The minimum Gasteiger partial charge on any atom is -0.480 e. The zero-order valence-electron chi connectivity index (χ0n) is 13.0. The summed E-state index contributed by atoms with van der Waals surface area (Å²) in [6.45, 7) is -0.0663. The Balaban J connectivity index is 1.95. The third-order valence-corrected chi connectivity index (χ3v) is 3.70. The summed E-state index contributed by atoms with van der Waals surface area (Å²) in [6.07, 6.45) is 2.99. The van der Waals surface area contributed by atoms with Gasteiger partial charge in [-0.1, -0.05) is 0 Å². The number of furan rings is 1. The lowest BCUT2D eigenvalue weighted by Crippen LogP contribution is -2.25. The van der Waals surface area contributed by atoms with Crippen LogP contribution in [0.1, 0.15) is 6.04 Å². The normalized spacial score (nSPS) is 12.8. The van der Waals surface area contributed by atoms with E-state index < -0.39 is 12.0 Å². The van der Waals surface area contributed by atoms with E-state index in [1.54, 1.807) is 12.1 Å². The first-order valence-electron chi connectivity index (χ1n) is 7.25. The second-order valence-corrected chi connectivity index (χ2v) is 5.25. The summed E-state index contributed by atoms with van der Waals surface area (Å²) in [5.74, 6) is -0.224. The summed E-state index contributed by atoms with van der Waals surface area (Å²) in [4.78, 5) is 20.1. The van der Waals surface area contributed by atoms with Crippen LogP contribution >= 0.6 is 0 Å². The molecule has 0 aromatic carbocycles. The molecule has 25 heavy (non-hydrogen) atoms. The quantitative estimate of drug-likeness (QED) is 0.531. The molecule has 128 valence electrons. The Morgan fingerprint density at radius 1 is 1.44 bits per heavy atom. The third kappa shape index (κ3) is 2.29. The van der Waals surface area contributed by atoms with E-state index in [9.17, 15) is 9.90 Å². The number of nitrogen functional groups attached to an aromatic ring is 1. The van der Waals surface area contributed by atoms with Crippen LogP contribution < -0.4 is 5.73 Å². The fraction of sp³-hybridized carbons (Fsp3) is 0.214. The van der Waals surface area contributed by atoms with E-state index in [0.717, 1.165) is 0 Å². The summed E-state index contributed by atoms with van der Waals surface area (Å²) < 4.78 is 12.9. The topological polar surface area (TPSA) is 147 Å². The van der Waals surface area contributed by atoms with E-state index in [2.05, 4.69) is 20.2 Å². The van der Waals surface area contributed by atoms with E-state index in [4.69, 9.17) is 14.9 Å². The van der Waals surface area contributed by atoms with Gasteiger partial charge in [0.1, 0.15) is 0 Å². The zero-order valence-corrected chi connectivity index (χ0v) is 13.0. The summed E-state index contributed by atoms with van der Waals surface area (Å²) in [7, 11) is 1.41. The van der Waals surface area contributed by atoms with Crippen molar-refractivity contribution >= 4 is 28.6 Å². The largest absolute Gasteiger partial charge is 0.480 e. The average molecular weight is 343 g/mol. The molecule has 4 heterocycles. The van der Waals surface area contributed by atoms with Gasteiger partial charge < -0.3 is 20.0 Å². The Hall–Kier alpha value is -3.47. The van der Waals surface area contributed by atoms with Crippen molar-refractivity contribution in [3.8, 4) is 11.6 Å². The lowest BCUT2D eigenvalue weighted by molar-refractivity contribution is -0.142. The van der Waals surface area contributed by atoms with Crippen molar-refractivity contribution < 1.29 is 19.1 Å². The molecule has 0 aliphatic heterocycles. The molecular formula is C14H13N7O4. The molecule has 11 heteroatoms. The SMILES string of the molecule is COCC(C(=O)O)n1ncc2c1nc(N)n1nc(-c3ccco3)nc21. The van der Waals surface area contributed by atoms with Gasteiger partial charge in [-0.3, -0.25) is 0 Å². The average Bonchev–Trinajstić information content (AvgIpc) is 3.30. The number of rotatable bonds is 5. The summed E-state index contributed by atoms with van der Waals surface area (Å²) in [5, 5.41) is 18.3. The van der Waals surface area contributed by atoms with E-state index >= 15 is 0 Å². The summed E-state index contributed by atoms with van der Waals surface area (Å²) in [6, 6.07) is 2.40. The van der Waals surface area contributed by atoms with Crippen molar-refractivity contribution in [1.82, 2.24) is 29.4 Å². The number of nitrogens with zero attached hydrogens (tertiary/aromatic N) is 6. The monoisotopic (exact) mass is 343 g/mol. The van der Waals surface area contributed by atoms with Crippen molar-refractivity contribution in [2.45, 2.75) is 6.04 Å². The minimum absolute atomic E-state index is 0.0520. The van der Waals surface area contributed by atoms with Gasteiger partial charge in [0.05, 0.1) is 24.5 Å². The van der Waals surface area contributed by atoms with Crippen molar-refractivity contribution in [3.63, 3.8) is 0 Å². The highest BCUT2D eigenvalue weighted by molar-refractivity contribution is 5.91. The van der Waals surface area contributed by atoms with Crippen molar-refractivity contribution in [1.29, 1.82) is 0 Å². The first-order chi connectivity index (χ1) is 12.1. The van der Waals surface area contributed by atoms with E-state index in [1.807, 2.05) is 0 Å². The molecule has 0 spiro atoms. The Labute approximate surface area is 139 Å².